The zero-order valence-electron chi connectivity index (χ0n) is 19.2. The summed E-state index contributed by atoms with van der Waals surface area (Å²) in [5, 5.41) is 4.49. The summed E-state index contributed by atoms with van der Waals surface area (Å²) < 4.78 is 2.93. The van der Waals surface area contributed by atoms with E-state index in [1.165, 1.54) is 34.6 Å². The van der Waals surface area contributed by atoms with Gasteiger partial charge in [0.2, 0.25) is 0 Å². The first-order valence-electron chi connectivity index (χ1n) is 12.0. The minimum atomic E-state index is -0.616. The molecule has 0 spiro atoms. The molecule has 166 valence electrons. The van der Waals surface area contributed by atoms with Gasteiger partial charge in [-0.25, -0.2) is 4.44 Å². The van der Waals surface area contributed by atoms with Crippen molar-refractivity contribution in [2.75, 3.05) is 6.54 Å². The summed E-state index contributed by atoms with van der Waals surface area (Å²) in [6.07, 6.45) is 3.58. The van der Waals surface area contributed by atoms with Crippen molar-refractivity contribution in [1.82, 2.24) is 4.44 Å². The van der Waals surface area contributed by atoms with Gasteiger partial charge >= 0.3 is 0 Å². The summed E-state index contributed by atoms with van der Waals surface area (Å²) in [6.45, 7) is 3.45. The minimum Gasteiger partial charge on any atom is -0.248 e. The van der Waals surface area contributed by atoms with Gasteiger partial charge in [0.1, 0.15) is 0 Å². The number of unbranched alkanes of at least 4 members (excludes halogenated alkanes) is 1. The van der Waals surface area contributed by atoms with Crippen LogP contribution in [0.3, 0.4) is 0 Å². The number of benzene rings is 4. The van der Waals surface area contributed by atoms with E-state index in [4.69, 9.17) is 0 Å². The molecule has 0 aliphatic carbocycles. The molecule has 0 radical (unpaired) electrons. The molecule has 3 heteroatoms. The van der Waals surface area contributed by atoms with Crippen LogP contribution in [0, 0.1) is 0 Å². The minimum absolute atomic E-state index is 0.500. The molecule has 1 aliphatic rings. The van der Waals surface area contributed by atoms with Crippen molar-refractivity contribution in [3.8, 4) is 0 Å². The number of nitrogens with zero attached hydrogens (tertiary/aromatic N) is 1. The highest BCUT2D eigenvalue weighted by molar-refractivity contribution is 7.82. The molecule has 0 bridgehead atoms. The fourth-order valence-corrected chi connectivity index (χ4v) is 11.7. The fourth-order valence-electron chi connectivity index (χ4n) is 4.75. The van der Waals surface area contributed by atoms with Crippen molar-refractivity contribution >= 4 is 32.1 Å². The van der Waals surface area contributed by atoms with Crippen LogP contribution in [0.2, 0.25) is 0 Å². The highest BCUT2D eigenvalue weighted by Gasteiger charge is 2.40. The zero-order valence-corrected chi connectivity index (χ0v) is 21.0. The van der Waals surface area contributed by atoms with Gasteiger partial charge in [-0.2, -0.15) is 0 Å². The fraction of sp³-hybridized carbons (Fsp3) is 0.200. The highest BCUT2D eigenvalue weighted by Crippen LogP contribution is 2.66. The molecule has 0 fully saturated rings. The summed E-state index contributed by atoms with van der Waals surface area (Å²) in [7, 11) is -1.12. The van der Waals surface area contributed by atoms with E-state index in [0.717, 1.165) is 13.0 Å². The van der Waals surface area contributed by atoms with Crippen molar-refractivity contribution in [1.29, 1.82) is 0 Å². The van der Waals surface area contributed by atoms with E-state index in [1.807, 2.05) is 0 Å². The molecule has 4 aromatic carbocycles. The first-order chi connectivity index (χ1) is 16.4. The molecule has 1 unspecified atom stereocenters. The molecule has 0 saturated heterocycles. The van der Waals surface area contributed by atoms with Crippen molar-refractivity contribution in [3.05, 3.63) is 126 Å². The van der Waals surface area contributed by atoms with Crippen LogP contribution in [0.25, 0.3) is 0 Å². The van der Waals surface area contributed by atoms with E-state index >= 15 is 0 Å². The molecular weight excluding hydrogens is 436 g/mol. The predicted molar refractivity (Wildman–Crippen MR) is 147 cm³/mol. The molecule has 1 aliphatic heterocycles. The van der Waals surface area contributed by atoms with E-state index in [0.29, 0.717) is 5.66 Å². The Kier molecular flexibility index (Phi) is 7.33. The summed E-state index contributed by atoms with van der Waals surface area (Å²) in [5.74, 6) is 0. The maximum absolute atomic E-state index is 2.93. The third kappa shape index (κ3) is 4.83. The first-order valence-corrected chi connectivity index (χ1v) is 14.6. The smallest absolute Gasteiger partial charge is 0.0320 e. The van der Waals surface area contributed by atoms with Crippen LogP contribution in [0.1, 0.15) is 36.6 Å². The van der Waals surface area contributed by atoms with Crippen LogP contribution in [-0.2, 0) is 6.42 Å². The maximum atomic E-state index is 2.93. The SMILES string of the molecule is CCCCN(P(c1ccccc1)c1ccccc1)P1c2ccccc2C[C@@H]1c1ccccc1. The number of hydrogen-bond donors (Lipinski definition) is 0. The van der Waals surface area contributed by atoms with Crippen LogP contribution < -0.4 is 15.9 Å². The number of hydrogen-bond acceptors (Lipinski definition) is 1. The lowest BCUT2D eigenvalue weighted by molar-refractivity contribution is 0.637. The summed E-state index contributed by atoms with van der Waals surface area (Å²) in [6, 6.07) is 42.9. The molecular formula is C30H31NP2. The van der Waals surface area contributed by atoms with Gasteiger partial charge in [-0.15, -0.1) is 0 Å². The second kappa shape index (κ2) is 10.8. The van der Waals surface area contributed by atoms with Crippen molar-refractivity contribution in [2.24, 2.45) is 0 Å². The zero-order chi connectivity index (χ0) is 22.5. The Morgan fingerprint density at radius 1 is 0.727 bits per heavy atom. The second-order valence-corrected chi connectivity index (χ2v) is 13.3. The molecule has 33 heavy (non-hydrogen) atoms. The Balaban J connectivity index is 1.67. The molecule has 5 rings (SSSR count). The Hall–Kier alpha value is -2.30. The van der Waals surface area contributed by atoms with Crippen LogP contribution in [0.4, 0.5) is 0 Å². The summed E-state index contributed by atoms with van der Waals surface area (Å²) in [5.41, 5.74) is 3.56. The molecule has 0 saturated carbocycles. The van der Waals surface area contributed by atoms with E-state index in [-0.39, 0.29) is 0 Å². The average Bonchev–Trinajstić information content (AvgIpc) is 3.27. The van der Waals surface area contributed by atoms with E-state index in [9.17, 15) is 0 Å². The lowest BCUT2D eigenvalue weighted by atomic mass is 10.0. The van der Waals surface area contributed by atoms with Gasteiger partial charge in [-0.05, 0) is 39.9 Å². The molecule has 4 aromatic rings. The summed E-state index contributed by atoms with van der Waals surface area (Å²) in [4.78, 5) is 0. The third-order valence-corrected chi connectivity index (χ3v) is 12.4. The lowest BCUT2D eigenvalue weighted by Crippen LogP contribution is -2.29. The first kappa shape index (κ1) is 22.5. The van der Waals surface area contributed by atoms with Crippen molar-refractivity contribution in [3.63, 3.8) is 0 Å². The molecule has 0 amide bonds. The van der Waals surface area contributed by atoms with E-state index < -0.39 is 16.1 Å². The topological polar surface area (TPSA) is 3.24 Å². The van der Waals surface area contributed by atoms with Gasteiger partial charge in [0, 0.05) is 28.3 Å². The Morgan fingerprint density at radius 2 is 1.27 bits per heavy atom. The quantitative estimate of drug-likeness (QED) is 0.249. The predicted octanol–water partition coefficient (Wildman–Crippen LogP) is 7.16. The lowest BCUT2D eigenvalue weighted by Gasteiger charge is -2.40. The van der Waals surface area contributed by atoms with Crippen LogP contribution in [-0.4, -0.2) is 11.0 Å². The van der Waals surface area contributed by atoms with Gasteiger partial charge in [-0.1, -0.05) is 129 Å². The van der Waals surface area contributed by atoms with Crippen LogP contribution in [0.15, 0.2) is 115 Å². The van der Waals surface area contributed by atoms with E-state index in [2.05, 4.69) is 127 Å². The number of fused-ring (bicyclic) bond motifs is 1. The van der Waals surface area contributed by atoms with Gasteiger partial charge in [-0.3, -0.25) is 0 Å². The molecule has 2 atom stereocenters. The maximum Gasteiger partial charge on any atom is 0.0320 e. The number of rotatable bonds is 8. The Morgan fingerprint density at radius 3 is 1.88 bits per heavy atom. The normalized spacial score (nSPS) is 17.4. The van der Waals surface area contributed by atoms with Gasteiger partial charge in [0.15, 0.2) is 0 Å². The van der Waals surface area contributed by atoms with E-state index in [1.54, 1.807) is 5.30 Å². The van der Waals surface area contributed by atoms with Gasteiger partial charge in [0.25, 0.3) is 0 Å². The Bertz CT molecular complexity index is 1110. The second-order valence-electron chi connectivity index (χ2n) is 8.54. The molecule has 1 nitrogen and oxygen atoms in total. The van der Waals surface area contributed by atoms with Crippen molar-refractivity contribution in [2.45, 2.75) is 31.8 Å². The van der Waals surface area contributed by atoms with Gasteiger partial charge < -0.3 is 0 Å². The molecule has 0 N–H and O–H groups in total. The van der Waals surface area contributed by atoms with Gasteiger partial charge in [0.05, 0.1) is 0 Å². The monoisotopic (exact) mass is 467 g/mol. The largest absolute Gasteiger partial charge is 0.248 e. The van der Waals surface area contributed by atoms with Crippen LogP contribution in [0.5, 0.6) is 0 Å². The van der Waals surface area contributed by atoms with Crippen LogP contribution >= 0.6 is 16.1 Å². The molecule has 1 heterocycles. The molecule has 0 aromatic heterocycles. The highest BCUT2D eigenvalue weighted by atomic mass is 31.2. The average molecular weight is 468 g/mol. The third-order valence-electron chi connectivity index (χ3n) is 6.32. The Labute approximate surface area is 201 Å². The standard InChI is InChI=1S/C30H31NP2/c1-2-3-23-31(32(27-18-9-5-10-19-27)28-20-11-6-12-21-28)33-29-22-14-13-17-26(29)24-30(33)25-15-7-4-8-16-25/h4-22,30H,2-3,23-24H2,1H3/t30-,33?/m1/s1. The summed E-state index contributed by atoms with van der Waals surface area (Å²) >= 11 is 0. The van der Waals surface area contributed by atoms with Crippen molar-refractivity contribution < 1.29 is 0 Å².